The first-order valence-corrected chi connectivity index (χ1v) is 10.1. The zero-order chi connectivity index (χ0) is 20.2. The van der Waals surface area contributed by atoms with E-state index in [1.807, 2.05) is 44.6 Å². The van der Waals surface area contributed by atoms with Crippen molar-refractivity contribution >= 4 is 5.78 Å². The van der Waals surface area contributed by atoms with Gasteiger partial charge in [-0.25, -0.2) is 0 Å². The van der Waals surface area contributed by atoms with Gasteiger partial charge >= 0.3 is 0 Å². The lowest BCUT2D eigenvalue weighted by molar-refractivity contribution is -0.131. The van der Waals surface area contributed by atoms with Crippen LogP contribution in [0.3, 0.4) is 0 Å². The molecule has 0 spiro atoms. The Bertz CT molecular complexity index is 1120. The monoisotopic (exact) mass is 385 g/mol. The van der Waals surface area contributed by atoms with E-state index in [9.17, 15) is 10.1 Å². The van der Waals surface area contributed by atoms with Gasteiger partial charge < -0.3 is 0 Å². The SMILES string of the molecule is C[C@@H]1C(=O)C(C#N)C[C@@]2(c3ccccc3)c3[nH]nc(-c4cnn(C)c4)c3CCC12. The van der Waals surface area contributed by atoms with E-state index in [4.69, 9.17) is 5.10 Å². The predicted octanol–water partition coefficient (Wildman–Crippen LogP) is 3.41. The lowest BCUT2D eigenvalue weighted by Gasteiger charge is -2.50. The minimum absolute atomic E-state index is 0.0829. The Labute approximate surface area is 169 Å². The Morgan fingerprint density at radius 3 is 2.79 bits per heavy atom. The van der Waals surface area contributed by atoms with Crippen LogP contribution >= 0.6 is 0 Å². The number of aromatic nitrogens is 4. The molecule has 2 unspecified atom stereocenters. The number of H-pyrrole nitrogens is 1. The summed E-state index contributed by atoms with van der Waals surface area (Å²) in [5.74, 6) is -0.527. The van der Waals surface area contributed by atoms with Gasteiger partial charge in [-0.05, 0) is 30.7 Å². The molecule has 3 aromatic rings. The number of nitrogens with one attached hydrogen (secondary N) is 1. The number of ketones is 1. The van der Waals surface area contributed by atoms with Crippen LogP contribution in [0.4, 0.5) is 0 Å². The van der Waals surface area contributed by atoms with E-state index >= 15 is 0 Å². The maximum atomic E-state index is 12.9. The molecule has 0 aliphatic heterocycles. The Morgan fingerprint density at radius 2 is 2.10 bits per heavy atom. The number of hydrogen-bond donors (Lipinski definition) is 1. The predicted molar refractivity (Wildman–Crippen MR) is 108 cm³/mol. The number of aryl methyl sites for hydroxylation is 1. The van der Waals surface area contributed by atoms with Crippen molar-refractivity contribution in [3.05, 3.63) is 59.5 Å². The number of fused-ring (bicyclic) bond motifs is 3. The quantitative estimate of drug-likeness (QED) is 0.732. The number of carbonyl (C=O) groups excluding carboxylic acids is 1. The van der Waals surface area contributed by atoms with Crippen molar-refractivity contribution in [3.8, 4) is 17.3 Å². The molecular weight excluding hydrogens is 362 g/mol. The van der Waals surface area contributed by atoms with Gasteiger partial charge in [-0.3, -0.25) is 14.6 Å². The summed E-state index contributed by atoms with van der Waals surface area (Å²) in [6, 6.07) is 12.6. The molecule has 1 N–H and O–H groups in total. The van der Waals surface area contributed by atoms with E-state index in [0.29, 0.717) is 6.42 Å². The average Bonchev–Trinajstić information content (AvgIpc) is 3.37. The second kappa shape index (κ2) is 6.41. The largest absolute Gasteiger partial charge is 0.298 e. The molecule has 2 aliphatic carbocycles. The van der Waals surface area contributed by atoms with Gasteiger partial charge in [0.15, 0.2) is 5.78 Å². The minimum Gasteiger partial charge on any atom is -0.298 e. The molecule has 6 nitrogen and oxygen atoms in total. The molecule has 5 rings (SSSR count). The third kappa shape index (κ3) is 2.43. The normalized spacial score (nSPS) is 28.4. The highest BCUT2D eigenvalue weighted by atomic mass is 16.1. The molecular formula is C23H23N5O. The molecule has 0 saturated heterocycles. The van der Waals surface area contributed by atoms with Crippen molar-refractivity contribution in [1.82, 2.24) is 20.0 Å². The first kappa shape index (κ1) is 17.9. The molecule has 0 amide bonds. The molecule has 2 aliphatic rings. The van der Waals surface area contributed by atoms with E-state index in [1.54, 1.807) is 4.68 Å². The zero-order valence-corrected chi connectivity index (χ0v) is 16.6. The lowest BCUT2D eigenvalue weighted by Crippen LogP contribution is -2.52. The molecule has 29 heavy (non-hydrogen) atoms. The summed E-state index contributed by atoms with van der Waals surface area (Å²) in [5.41, 5.74) is 4.93. The molecule has 1 saturated carbocycles. The molecule has 1 fully saturated rings. The summed E-state index contributed by atoms with van der Waals surface area (Å²) in [5, 5.41) is 22.1. The van der Waals surface area contributed by atoms with Gasteiger partial charge in [0.25, 0.3) is 0 Å². The number of Topliss-reactive ketones (excluding diaryl/α,β-unsaturated/α-hetero) is 1. The van der Waals surface area contributed by atoms with Crippen LogP contribution in [0.2, 0.25) is 0 Å². The molecule has 1 aromatic carbocycles. The van der Waals surface area contributed by atoms with Crippen molar-refractivity contribution in [2.45, 2.75) is 31.6 Å². The topological polar surface area (TPSA) is 87.4 Å². The molecule has 2 heterocycles. The van der Waals surface area contributed by atoms with Gasteiger partial charge in [0.05, 0.1) is 18.0 Å². The van der Waals surface area contributed by atoms with Crippen LogP contribution in [0.5, 0.6) is 0 Å². The van der Waals surface area contributed by atoms with Crippen LogP contribution in [0.1, 0.15) is 36.6 Å². The summed E-state index contributed by atoms with van der Waals surface area (Å²) >= 11 is 0. The van der Waals surface area contributed by atoms with E-state index in [-0.39, 0.29) is 17.6 Å². The maximum Gasteiger partial charge on any atom is 0.153 e. The number of rotatable bonds is 2. The molecule has 6 heteroatoms. The van der Waals surface area contributed by atoms with Crippen molar-refractivity contribution < 1.29 is 4.79 Å². The average molecular weight is 385 g/mol. The third-order valence-corrected chi connectivity index (χ3v) is 7.00. The fraction of sp³-hybridized carbons (Fsp3) is 0.391. The molecule has 4 atom stereocenters. The first-order chi connectivity index (χ1) is 14.1. The number of nitriles is 1. The number of carbonyl (C=O) groups is 1. The van der Waals surface area contributed by atoms with Crippen molar-refractivity contribution in [2.24, 2.45) is 24.8 Å². The van der Waals surface area contributed by atoms with Gasteiger partial charge in [-0.15, -0.1) is 0 Å². The van der Waals surface area contributed by atoms with Crippen LogP contribution in [0.25, 0.3) is 11.3 Å². The van der Waals surface area contributed by atoms with E-state index in [1.165, 1.54) is 5.56 Å². The van der Waals surface area contributed by atoms with Crippen LogP contribution in [0, 0.1) is 29.1 Å². The van der Waals surface area contributed by atoms with Gasteiger partial charge in [0.1, 0.15) is 5.92 Å². The summed E-state index contributed by atoms with van der Waals surface area (Å²) in [4.78, 5) is 12.9. The van der Waals surface area contributed by atoms with Gasteiger partial charge in [-0.2, -0.15) is 15.5 Å². The summed E-state index contributed by atoms with van der Waals surface area (Å²) in [7, 11) is 1.90. The summed E-state index contributed by atoms with van der Waals surface area (Å²) in [6.07, 6.45) is 6.08. The Kier molecular flexibility index (Phi) is 3.95. The van der Waals surface area contributed by atoms with Crippen molar-refractivity contribution in [1.29, 1.82) is 5.26 Å². The highest BCUT2D eigenvalue weighted by Crippen LogP contribution is 2.56. The number of hydrogen-bond acceptors (Lipinski definition) is 4. The molecule has 0 bridgehead atoms. The van der Waals surface area contributed by atoms with Crippen LogP contribution in [0.15, 0.2) is 42.7 Å². The maximum absolute atomic E-state index is 12.9. The molecule has 146 valence electrons. The standard InChI is InChI=1S/C23H23N5O/c1-14-19-9-8-18-20(16-12-25-28(2)13-16)26-27-22(18)23(19,10-15(11-24)21(14)29)17-6-4-3-5-7-17/h3-7,12-15,19H,8-10H2,1-2H3,(H,26,27)/t14-,15?,19?,23-/m0/s1. The first-order valence-electron chi connectivity index (χ1n) is 10.1. The zero-order valence-electron chi connectivity index (χ0n) is 16.6. The smallest absolute Gasteiger partial charge is 0.153 e. The lowest BCUT2D eigenvalue weighted by atomic mass is 9.51. The Hall–Kier alpha value is -3.20. The third-order valence-electron chi connectivity index (χ3n) is 7.00. The highest BCUT2D eigenvalue weighted by molar-refractivity contribution is 5.87. The fourth-order valence-electron chi connectivity index (χ4n) is 5.68. The minimum atomic E-state index is -0.599. The van der Waals surface area contributed by atoms with Gasteiger partial charge in [-0.1, -0.05) is 37.3 Å². The van der Waals surface area contributed by atoms with Crippen LogP contribution in [-0.2, 0) is 23.7 Å². The molecule has 2 aromatic heterocycles. The number of nitrogens with zero attached hydrogens (tertiary/aromatic N) is 4. The molecule has 0 radical (unpaired) electrons. The Balaban J connectivity index is 1.75. The second-order valence-electron chi connectivity index (χ2n) is 8.39. The van der Waals surface area contributed by atoms with Crippen molar-refractivity contribution in [2.75, 3.05) is 0 Å². The fourth-order valence-corrected chi connectivity index (χ4v) is 5.68. The van der Waals surface area contributed by atoms with E-state index in [0.717, 1.165) is 35.4 Å². The van der Waals surface area contributed by atoms with Crippen LogP contribution in [-0.4, -0.2) is 25.8 Å². The Morgan fingerprint density at radius 1 is 1.31 bits per heavy atom. The number of aromatic amines is 1. The second-order valence-corrected chi connectivity index (χ2v) is 8.39. The summed E-state index contributed by atoms with van der Waals surface area (Å²) in [6.45, 7) is 2.00. The highest BCUT2D eigenvalue weighted by Gasteiger charge is 2.56. The summed E-state index contributed by atoms with van der Waals surface area (Å²) < 4.78 is 1.78. The van der Waals surface area contributed by atoms with Gasteiger partial charge in [0, 0.05) is 41.4 Å². The van der Waals surface area contributed by atoms with Gasteiger partial charge in [0.2, 0.25) is 0 Å². The van der Waals surface area contributed by atoms with E-state index < -0.39 is 11.3 Å². The van der Waals surface area contributed by atoms with Crippen LogP contribution < -0.4 is 0 Å². The van der Waals surface area contributed by atoms with E-state index in [2.05, 4.69) is 28.4 Å². The van der Waals surface area contributed by atoms with Crippen molar-refractivity contribution in [3.63, 3.8) is 0 Å². The number of benzene rings is 1.